The zero-order valence-corrected chi connectivity index (χ0v) is 59.1. The Morgan fingerprint density at radius 1 is 0.341 bits per heavy atom. The number of esters is 4. The number of ether oxygens (including phenoxy) is 7. The van der Waals surface area contributed by atoms with Crippen LogP contribution in [0.2, 0.25) is 0 Å². The molecule has 0 amide bonds. The van der Waals surface area contributed by atoms with Gasteiger partial charge in [-0.3, -0.25) is 19.2 Å². The Hall–Kier alpha value is -2.40. The summed E-state index contributed by atoms with van der Waals surface area (Å²) >= 11 is 0. The average Bonchev–Trinajstić information content (AvgIpc) is 1.68. The highest BCUT2D eigenvalue weighted by molar-refractivity contribution is 5.71. The predicted octanol–water partition coefficient (Wildman–Crippen LogP) is 18.7. The van der Waals surface area contributed by atoms with Crippen LogP contribution >= 0.6 is 0 Å². The van der Waals surface area contributed by atoms with Gasteiger partial charge in [-0.15, -0.1) is 0 Å². The Bertz CT molecular complexity index is 1700. The van der Waals surface area contributed by atoms with Crippen LogP contribution in [0.4, 0.5) is 0 Å². The Labute approximate surface area is 556 Å². The van der Waals surface area contributed by atoms with Gasteiger partial charge in [-0.25, -0.2) is 0 Å². The van der Waals surface area contributed by atoms with E-state index in [1.807, 2.05) is 0 Å². The van der Waals surface area contributed by atoms with E-state index in [0.29, 0.717) is 25.7 Å². The summed E-state index contributed by atoms with van der Waals surface area (Å²) in [6, 6.07) is 0. The Balaban J connectivity index is 2.35. The highest BCUT2D eigenvalue weighted by Gasteiger charge is 2.64. The second-order valence-corrected chi connectivity index (χ2v) is 27.5. The van der Waals surface area contributed by atoms with Crippen LogP contribution in [0.3, 0.4) is 0 Å². The lowest BCUT2D eigenvalue weighted by Gasteiger charge is -2.43. The first-order valence-electron chi connectivity index (χ1n) is 38.8. The van der Waals surface area contributed by atoms with Crippen LogP contribution in [0.15, 0.2) is 0 Å². The summed E-state index contributed by atoms with van der Waals surface area (Å²) in [4.78, 5) is 55.8. The first-order valence-corrected chi connectivity index (χ1v) is 38.8. The second-order valence-electron chi connectivity index (χ2n) is 27.5. The molecule has 0 aromatic rings. The SMILES string of the molecule is CCCCCCCCCCCCCCCC(=O)OC[C@H]1O[C@@](COC(=O)CCCCCCCCCCCCCCC)(O[C@H]2O[C@H](CO)[C@@H](O)[C@H](O)[C@H]2O)[C@@H](OC(=O)CCCCCCCCCCCCCCC)[C@@H]1OC(=O)CCCCCCCCCCCCCCC. The van der Waals surface area contributed by atoms with Crippen molar-refractivity contribution >= 4 is 23.9 Å². The molecule has 0 radical (unpaired) electrons. The molecular weight excluding hydrogens is 1150 g/mol. The van der Waals surface area contributed by atoms with Gasteiger partial charge >= 0.3 is 23.9 Å². The van der Waals surface area contributed by atoms with Crippen molar-refractivity contribution in [1.29, 1.82) is 0 Å². The normalized spacial score (nSPS) is 21.5. The molecule has 0 bridgehead atoms. The molecule has 2 fully saturated rings. The van der Waals surface area contributed by atoms with Crippen molar-refractivity contribution < 1.29 is 72.8 Å². The van der Waals surface area contributed by atoms with E-state index in [1.165, 1.54) is 212 Å². The van der Waals surface area contributed by atoms with Gasteiger partial charge in [-0.2, -0.15) is 0 Å². The quantitative estimate of drug-likeness (QED) is 0.0253. The Kier molecular flexibility index (Phi) is 54.8. The largest absolute Gasteiger partial charge is 0.463 e. The number of aliphatic hydroxyl groups excluding tert-OH is 4. The molecule has 2 aliphatic rings. The number of unbranched alkanes of at least 4 members (excludes halogenated alkanes) is 48. The van der Waals surface area contributed by atoms with Gasteiger partial charge in [0.15, 0.2) is 18.5 Å². The molecule has 0 aliphatic carbocycles. The van der Waals surface area contributed by atoms with E-state index in [0.717, 1.165) is 96.3 Å². The van der Waals surface area contributed by atoms with Crippen molar-refractivity contribution in [3.63, 3.8) is 0 Å². The monoisotopic (exact) mass is 1300 g/mol. The smallest absolute Gasteiger partial charge is 0.306 e. The van der Waals surface area contributed by atoms with Crippen LogP contribution in [0, 0.1) is 0 Å². The Morgan fingerprint density at radius 2 is 0.626 bits per heavy atom. The molecule has 2 aliphatic heterocycles. The number of carbonyl (C=O) groups excluding carboxylic acids is 4. The molecule has 4 N–H and O–H groups in total. The molecule has 0 aromatic carbocycles. The predicted molar refractivity (Wildman–Crippen MR) is 365 cm³/mol. The van der Waals surface area contributed by atoms with Gasteiger partial charge in [-0.05, 0) is 25.7 Å². The Morgan fingerprint density at radius 3 is 0.945 bits per heavy atom. The number of carbonyl (C=O) groups is 4. The number of hydrogen-bond donors (Lipinski definition) is 4. The van der Waals surface area contributed by atoms with Crippen molar-refractivity contribution in [1.82, 2.24) is 0 Å². The lowest BCUT2D eigenvalue weighted by atomic mass is 9.98. The fraction of sp³-hybridized carbons (Fsp3) is 0.947. The molecule has 0 aromatic heterocycles. The molecule has 2 saturated heterocycles. The van der Waals surface area contributed by atoms with E-state index in [-0.39, 0.29) is 25.7 Å². The van der Waals surface area contributed by atoms with Gasteiger partial charge in [0.2, 0.25) is 5.79 Å². The summed E-state index contributed by atoms with van der Waals surface area (Å²) in [6.45, 7) is 7.00. The molecule has 0 spiro atoms. The summed E-state index contributed by atoms with van der Waals surface area (Å²) in [6.07, 6.45) is 46.2. The molecule has 0 saturated carbocycles. The van der Waals surface area contributed by atoms with Crippen molar-refractivity contribution in [3.8, 4) is 0 Å². The first-order chi connectivity index (χ1) is 44.5. The van der Waals surface area contributed by atoms with Crippen LogP contribution < -0.4 is 0 Å². The van der Waals surface area contributed by atoms with Crippen molar-refractivity contribution in [2.75, 3.05) is 19.8 Å². The van der Waals surface area contributed by atoms with Gasteiger partial charge in [0.1, 0.15) is 43.7 Å². The third-order valence-electron chi connectivity index (χ3n) is 18.9. The number of hydrogen-bond acceptors (Lipinski definition) is 15. The maximum atomic E-state index is 14.3. The minimum atomic E-state index is -2.38. The molecular formula is C76H142O15. The summed E-state index contributed by atoms with van der Waals surface area (Å²) < 4.78 is 43.7. The van der Waals surface area contributed by atoms with Gasteiger partial charge in [0, 0.05) is 25.7 Å². The van der Waals surface area contributed by atoms with Crippen molar-refractivity contribution in [2.45, 2.75) is 442 Å². The average molecular weight is 1300 g/mol. The van der Waals surface area contributed by atoms with Gasteiger partial charge in [0.25, 0.3) is 0 Å². The molecule has 15 nitrogen and oxygen atoms in total. The van der Waals surface area contributed by atoms with Crippen LogP contribution in [0.1, 0.15) is 387 Å². The van der Waals surface area contributed by atoms with Crippen LogP contribution in [0.25, 0.3) is 0 Å². The fourth-order valence-electron chi connectivity index (χ4n) is 12.9. The summed E-state index contributed by atoms with van der Waals surface area (Å²) in [7, 11) is 0. The van der Waals surface area contributed by atoms with E-state index < -0.39 is 98.5 Å². The maximum Gasteiger partial charge on any atom is 0.306 e. The minimum Gasteiger partial charge on any atom is -0.463 e. The zero-order valence-electron chi connectivity index (χ0n) is 59.1. The van der Waals surface area contributed by atoms with Crippen LogP contribution in [0.5, 0.6) is 0 Å². The van der Waals surface area contributed by atoms with Gasteiger partial charge < -0.3 is 53.6 Å². The molecule has 536 valence electrons. The summed E-state index contributed by atoms with van der Waals surface area (Å²) in [5.41, 5.74) is 0. The third-order valence-corrected chi connectivity index (χ3v) is 18.9. The van der Waals surface area contributed by atoms with E-state index in [2.05, 4.69) is 27.7 Å². The molecule has 0 unspecified atom stereocenters. The number of rotatable bonds is 65. The molecule has 2 rings (SSSR count). The van der Waals surface area contributed by atoms with E-state index in [9.17, 15) is 39.6 Å². The second kappa shape index (κ2) is 58.9. The maximum absolute atomic E-state index is 14.3. The summed E-state index contributed by atoms with van der Waals surface area (Å²) in [5, 5.41) is 43.6. The molecule has 15 heteroatoms. The van der Waals surface area contributed by atoms with Crippen molar-refractivity contribution in [3.05, 3.63) is 0 Å². The lowest BCUT2D eigenvalue weighted by molar-refractivity contribution is -0.384. The third kappa shape index (κ3) is 42.7. The standard InChI is InChI=1S/C76H142O15/c1-5-9-13-17-21-25-29-33-37-41-45-49-53-57-66(78)85-62-65-73(88-68(80)59-55-51-47-43-39-35-31-27-23-19-15-11-7-3)74(89-69(81)60-56-52-48-44-40-36-32-28-24-20-16-12-8-4)76(90-65,91-75-72(84)71(83)70(82)64(61-77)87-75)63-86-67(79)58-54-50-46-42-38-34-30-26-22-18-14-10-6-2/h64-65,70-75,77,82-84H,5-63H2,1-4H3/t64-,65-,70-,71+,72-,73-,74+,75-,76+/m1/s1. The van der Waals surface area contributed by atoms with Crippen molar-refractivity contribution in [2.24, 2.45) is 0 Å². The molecule has 9 atom stereocenters. The topological polar surface area (TPSA) is 214 Å². The van der Waals surface area contributed by atoms with Gasteiger partial charge in [-0.1, -0.05) is 336 Å². The van der Waals surface area contributed by atoms with E-state index in [4.69, 9.17) is 33.2 Å². The van der Waals surface area contributed by atoms with Crippen LogP contribution in [-0.4, -0.2) is 119 Å². The lowest BCUT2D eigenvalue weighted by Crippen LogP contribution is -2.63. The fourth-order valence-corrected chi connectivity index (χ4v) is 12.9. The first kappa shape index (κ1) is 84.7. The highest BCUT2D eigenvalue weighted by atomic mass is 16.8. The molecule has 2 heterocycles. The van der Waals surface area contributed by atoms with Gasteiger partial charge in [0.05, 0.1) is 6.61 Å². The minimum absolute atomic E-state index is 0.00161. The van der Waals surface area contributed by atoms with E-state index >= 15 is 0 Å². The van der Waals surface area contributed by atoms with E-state index in [1.54, 1.807) is 0 Å². The zero-order chi connectivity index (χ0) is 66.1. The van der Waals surface area contributed by atoms with Crippen LogP contribution in [-0.2, 0) is 52.3 Å². The molecule has 91 heavy (non-hydrogen) atoms. The number of aliphatic hydroxyl groups is 4. The summed E-state index contributed by atoms with van der Waals surface area (Å²) in [5.74, 6) is -4.72. The highest BCUT2D eigenvalue weighted by Crippen LogP contribution is 2.41.